The molecule has 1 atom stereocenters. The van der Waals surface area contributed by atoms with Gasteiger partial charge in [0.2, 0.25) is 5.91 Å². The normalized spacial score (nSPS) is 18.2. The first-order valence-corrected chi connectivity index (χ1v) is 8.79. The minimum atomic E-state index is -3.74. The zero-order valence-electron chi connectivity index (χ0n) is 11.6. The van der Waals surface area contributed by atoms with Crippen molar-refractivity contribution in [2.45, 2.75) is 23.0 Å². The van der Waals surface area contributed by atoms with Crippen LogP contribution in [0.3, 0.4) is 0 Å². The van der Waals surface area contributed by atoms with Gasteiger partial charge in [-0.25, -0.2) is 8.42 Å². The van der Waals surface area contributed by atoms with Gasteiger partial charge in [0.05, 0.1) is 4.90 Å². The lowest BCUT2D eigenvalue weighted by molar-refractivity contribution is -0.115. The van der Waals surface area contributed by atoms with Gasteiger partial charge in [-0.05, 0) is 48.7 Å². The second-order valence-electron chi connectivity index (χ2n) is 5.17. The van der Waals surface area contributed by atoms with Gasteiger partial charge in [0.1, 0.15) is 5.25 Å². The van der Waals surface area contributed by atoms with Crippen LogP contribution in [0.4, 0.5) is 5.69 Å². The van der Waals surface area contributed by atoms with E-state index in [1.165, 1.54) is 24.3 Å². The molecule has 4 nitrogen and oxygen atoms in total. The number of sulfone groups is 1. The summed E-state index contributed by atoms with van der Waals surface area (Å²) >= 11 is 5.79. The maximum Gasteiger partial charge on any atom is 0.243 e. The van der Waals surface area contributed by atoms with Gasteiger partial charge in [-0.15, -0.1) is 0 Å². The predicted octanol–water partition coefficient (Wildman–Crippen LogP) is 3.07. The molecule has 1 amide bonds. The van der Waals surface area contributed by atoms with E-state index in [1.54, 1.807) is 6.07 Å². The van der Waals surface area contributed by atoms with E-state index in [2.05, 4.69) is 5.32 Å². The topological polar surface area (TPSA) is 63.2 Å². The van der Waals surface area contributed by atoms with E-state index in [9.17, 15) is 13.2 Å². The zero-order chi connectivity index (χ0) is 15.7. The van der Waals surface area contributed by atoms with Crippen LogP contribution in [0.2, 0.25) is 5.02 Å². The lowest BCUT2D eigenvalue weighted by Gasteiger charge is -2.14. The molecule has 1 aliphatic rings. The monoisotopic (exact) mass is 335 g/mol. The van der Waals surface area contributed by atoms with Crippen molar-refractivity contribution in [2.24, 2.45) is 0 Å². The van der Waals surface area contributed by atoms with E-state index in [0.717, 1.165) is 5.56 Å². The SMILES string of the molecule is O=C1Nc2ccccc2CCC1S(=O)(=O)c1ccc(Cl)cc1. The molecular formula is C16H14ClNO3S. The average molecular weight is 336 g/mol. The minimum absolute atomic E-state index is 0.114. The predicted molar refractivity (Wildman–Crippen MR) is 85.8 cm³/mol. The van der Waals surface area contributed by atoms with E-state index in [0.29, 0.717) is 17.1 Å². The molecule has 114 valence electrons. The molecule has 2 aromatic carbocycles. The summed E-state index contributed by atoms with van der Waals surface area (Å²) in [5.41, 5.74) is 1.63. The van der Waals surface area contributed by atoms with Crippen molar-refractivity contribution in [3.8, 4) is 0 Å². The van der Waals surface area contributed by atoms with E-state index >= 15 is 0 Å². The van der Waals surface area contributed by atoms with Crippen LogP contribution in [0.5, 0.6) is 0 Å². The van der Waals surface area contributed by atoms with Gasteiger partial charge in [-0.1, -0.05) is 29.8 Å². The highest BCUT2D eigenvalue weighted by Gasteiger charge is 2.35. The zero-order valence-corrected chi connectivity index (χ0v) is 13.2. The van der Waals surface area contributed by atoms with Gasteiger partial charge < -0.3 is 5.32 Å². The summed E-state index contributed by atoms with van der Waals surface area (Å²) in [4.78, 5) is 12.5. The molecule has 0 saturated carbocycles. The minimum Gasteiger partial charge on any atom is -0.325 e. The molecule has 6 heteroatoms. The highest BCUT2D eigenvalue weighted by atomic mass is 35.5. The summed E-state index contributed by atoms with van der Waals surface area (Å²) in [6.07, 6.45) is 0.792. The van der Waals surface area contributed by atoms with Crippen molar-refractivity contribution in [3.63, 3.8) is 0 Å². The van der Waals surface area contributed by atoms with Crippen LogP contribution in [0.15, 0.2) is 53.4 Å². The molecule has 0 aliphatic carbocycles. The molecular weight excluding hydrogens is 322 g/mol. The van der Waals surface area contributed by atoms with Crippen LogP contribution in [0.1, 0.15) is 12.0 Å². The average Bonchev–Trinajstić information content (AvgIpc) is 2.66. The molecule has 22 heavy (non-hydrogen) atoms. The second kappa shape index (κ2) is 5.74. The maximum atomic E-state index is 12.7. The Kier molecular flexibility index (Phi) is 3.93. The van der Waals surface area contributed by atoms with E-state index in [-0.39, 0.29) is 11.3 Å². The van der Waals surface area contributed by atoms with Crippen molar-refractivity contribution in [3.05, 3.63) is 59.1 Å². The molecule has 0 radical (unpaired) electrons. The summed E-state index contributed by atoms with van der Waals surface area (Å²) in [6, 6.07) is 13.3. The quantitative estimate of drug-likeness (QED) is 0.917. The number of anilines is 1. The summed E-state index contributed by atoms with van der Waals surface area (Å²) in [6.45, 7) is 0. The van der Waals surface area contributed by atoms with Crippen molar-refractivity contribution < 1.29 is 13.2 Å². The molecule has 2 aromatic rings. The number of para-hydroxylation sites is 1. The second-order valence-corrected chi connectivity index (χ2v) is 7.74. The number of rotatable bonds is 2. The molecule has 1 unspecified atom stereocenters. The molecule has 0 aromatic heterocycles. The van der Waals surface area contributed by atoms with Crippen molar-refractivity contribution in [2.75, 3.05) is 5.32 Å². The Bertz CT molecular complexity index is 816. The van der Waals surface area contributed by atoms with Crippen LogP contribution in [0, 0.1) is 0 Å². The van der Waals surface area contributed by atoms with Gasteiger partial charge >= 0.3 is 0 Å². The molecule has 1 aliphatic heterocycles. The largest absolute Gasteiger partial charge is 0.325 e. The Labute approximate surface area is 134 Å². The van der Waals surface area contributed by atoms with Crippen molar-refractivity contribution in [1.29, 1.82) is 0 Å². The standard InChI is InChI=1S/C16H14ClNO3S/c17-12-6-8-13(9-7-12)22(20,21)15-10-5-11-3-1-2-4-14(11)18-16(15)19/h1-4,6-9,15H,5,10H2,(H,18,19). The number of aryl methyl sites for hydroxylation is 1. The van der Waals surface area contributed by atoms with E-state index < -0.39 is 21.0 Å². The molecule has 0 spiro atoms. The molecule has 1 N–H and O–H groups in total. The molecule has 3 rings (SSSR count). The number of benzene rings is 2. The first kappa shape index (κ1) is 15.1. The molecule has 0 bridgehead atoms. The van der Waals surface area contributed by atoms with Crippen molar-refractivity contribution in [1.82, 2.24) is 0 Å². The lowest BCUT2D eigenvalue weighted by atomic mass is 10.1. The lowest BCUT2D eigenvalue weighted by Crippen LogP contribution is -2.34. The summed E-state index contributed by atoms with van der Waals surface area (Å²) < 4.78 is 25.4. The summed E-state index contributed by atoms with van der Waals surface area (Å²) in [5, 5.41) is 2.07. The molecule has 0 saturated heterocycles. The van der Waals surface area contributed by atoms with Gasteiger partial charge in [-0.3, -0.25) is 4.79 Å². The first-order valence-electron chi connectivity index (χ1n) is 6.87. The Morgan fingerprint density at radius 1 is 1.05 bits per heavy atom. The fraction of sp³-hybridized carbons (Fsp3) is 0.188. The number of carbonyl (C=O) groups excluding carboxylic acids is 1. The smallest absolute Gasteiger partial charge is 0.243 e. The Morgan fingerprint density at radius 2 is 1.73 bits per heavy atom. The number of nitrogens with one attached hydrogen (secondary N) is 1. The van der Waals surface area contributed by atoms with Gasteiger partial charge in [-0.2, -0.15) is 0 Å². The Morgan fingerprint density at radius 3 is 2.45 bits per heavy atom. The fourth-order valence-corrected chi connectivity index (χ4v) is 4.31. The Hall–Kier alpha value is -1.85. The number of amides is 1. The maximum absolute atomic E-state index is 12.7. The summed E-state index contributed by atoms with van der Waals surface area (Å²) in [7, 11) is -3.74. The highest BCUT2D eigenvalue weighted by molar-refractivity contribution is 7.92. The van der Waals surface area contributed by atoms with Crippen LogP contribution in [-0.4, -0.2) is 19.6 Å². The third-order valence-electron chi connectivity index (χ3n) is 3.76. The number of hydrogen-bond donors (Lipinski definition) is 1. The van der Waals surface area contributed by atoms with Crippen LogP contribution in [-0.2, 0) is 21.1 Å². The van der Waals surface area contributed by atoms with E-state index in [4.69, 9.17) is 11.6 Å². The van der Waals surface area contributed by atoms with Gasteiger partial charge in [0.15, 0.2) is 9.84 Å². The first-order chi connectivity index (χ1) is 10.5. The third kappa shape index (κ3) is 2.74. The van der Waals surface area contributed by atoms with Crippen LogP contribution in [0.25, 0.3) is 0 Å². The van der Waals surface area contributed by atoms with Gasteiger partial charge in [0, 0.05) is 10.7 Å². The van der Waals surface area contributed by atoms with Gasteiger partial charge in [0.25, 0.3) is 0 Å². The van der Waals surface area contributed by atoms with Crippen LogP contribution < -0.4 is 5.32 Å². The number of halogens is 1. The summed E-state index contributed by atoms with van der Waals surface area (Å²) in [5.74, 6) is -0.486. The number of hydrogen-bond acceptors (Lipinski definition) is 3. The third-order valence-corrected chi connectivity index (χ3v) is 6.14. The molecule has 1 heterocycles. The highest BCUT2D eigenvalue weighted by Crippen LogP contribution is 2.28. The van der Waals surface area contributed by atoms with Crippen molar-refractivity contribution >= 4 is 33.0 Å². The number of fused-ring (bicyclic) bond motifs is 1. The van der Waals surface area contributed by atoms with Crippen LogP contribution >= 0.6 is 11.6 Å². The fourth-order valence-electron chi connectivity index (χ4n) is 2.58. The molecule has 0 fully saturated rings. The Balaban J connectivity index is 1.95. The number of carbonyl (C=O) groups is 1. The van der Waals surface area contributed by atoms with E-state index in [1.807, 2.05) is 18.2 Å².